The fourth-order valence-electron chi connectivity index (χ4n) is 0.882. The summed E-state index contributed by atoms with van der Waals surface area (Å²) in [4.78, 5) is 0. The average Bonchev–Trinajstić information content (AvgIpc) is 2.12. The minimum absolute atomic E-state index is 0.0648. The molecule has 0 saturated heterocycles. The van der Waals surface area contributed by atoms with E-state index in [4.69, 9.17) is 10.2 Å². The summed E-state index contributed by atoms with van der Waals surface area (Å²) in [6.45, 7) is 0. The molecular weight excluding hydrogens is 104 g/mol. The van der Waals surface area contributed by atoms with E-state index in [1.54, 1.807) is 0 Å². The summed E-state index contributed by atoms with van der Waals surface area (Å²) in [5.41, 5.74) is 0. The maximum atomic E-state index is 8.57. The van der Waals surface area contributed by atoms with Crippen LogP contribution in [-0.4, -0.2) is 16.5 Å². The van der Waals surface area contributed by atoms with Gasteiger partial charge in [-0.25, -0.2) is 0 Å². The normalized spacial score (nSPS) is 20.9. The van der Waals surface area contributed by atoms with Gasteiger partial charge in [0.2, 0.25) is 0 Å². The highest BCUT2D eigenvalue weighted by Gasteiger charge is 2.16. The number of aliphatic hydroxyl groups excluding tert-OH is 1. The van der Waals surface area contributed by atoms with E-state index in [0.717, 1.165) is 12.8 Å². The number of allylic oxidation sites excluding steroid dienone is 2. The van der Waals surface area contributed by atoms with Crippen molar-refractivity contribution in [2.75, 3.05) is 0 Å². The van der Waals surface area contributed by atoms with E-state index in [0.29, 0.717) is 0 Å². The standard InChI is InChI=1S/C6H10O2/c7-6(8)5-3-1-2-4-5/h1-2,5-8H,3-4H2. The largest absolute Gasteiger partial charge is 0.368 e. The molecule has 2 heteroatoms. The summed E-state index contributed by atoms with van der Waals surface area (Å²) in [7, 11) is 0. The molecule has 0 bridgehead atoms. The zero-order valence-electron chi connectivity index (χ0n) is 4.62. The van der Waals surface area contributed by atoms with Crippen LogP contribution in [0.3, 0.4) is 0 Å². The second-order valence-electron chi connectivity index (χ2n) is 2.12. The van der Waals surface area contributed by atoms with Crippen LogP contribution < -0.4 is 0 Å². The molecule has 2 nitrogen and oxygen atoms in total. The lowest BCUT2D eigenvalue weighted by Crippen LogP contribution is -2.15. The molecule has 0 aliphatic heterocycles. The van der Waals surface area contributed by atoms with Crippen molar-refractivity contribution in [3.05, 3.63) is 12.2 Å². The monoisotopic (exact) mass is 114 g/mol. The summed E-state index contributed by atoms with van der Waals surface area (Å²) in [6, 6.07) is 0. The Hall–Kier alpha value is -0.340. The second-order valence-corrected chi connectivity index (χ2v) is 2.12. The Labute approximate surface area is 48.5 Å². The molecule has 0 heterocycles. The number of hydrogen-bond acceptors (Lipinski definition) is 2. The van der Waals surface area contributed by atoms with Gasteiger partial charge in [0.1, 0.15) is 0 Å². The van der Waals surface area contributed by atoms with Crippen LogP contribution in [0, 0.1) is 5.92 Å². The van der Waals surface area contributed by atoms with Gasteiger partial charge in [-0.2, -0.15) is 0 Å². The van der Waals surface area contributed by atoms with Crippen molar-refractivity contribution < 1.29 is 10.2 Å². The molecule has 2 N–H and O–H groups in total. The first kappa shape index (κ1) is 5.79. The lowest BCUT2D eigenvalue weighted by Gasteiger charge is -2.09. The first-order valence-corrected chi connectivity index (χ1v) is 2.82. The Kier molecular flexibility index (Phi) is 1.65. The van der Waals surface area contributed by atoms with Gasteiger partial charge in [-0.15, -0.1) is 0 Å². The van der Waals surface area contributed by atoms with Gasteiger partial charge in [0.05, 0.1) is 0 Å². The molecule has 0 atom stereocenters. The number of aliphatic hydroxyl groups is 2. The number of hydrogen-bond donors (Lipinski definition) is 2. The molecular formula is C6H10O2. The van der Waals surface area contributed by atoms with E-state index < -0.39 is 6.29 Å². The first-order chi connectivity index (χ1) is 3.80. The Morgan fingerprint density at radius 2 is 1.75 bits per heavy atom. The van der Waals surface area contributed by atoms with Crippen molar-refractivity contribution in [3.8, 4) is 0 Å². The van der Waals surface area contributed by atoms with Crippen LogP contribution in [0.25, 0.3) is 0 Å². The summed E-state index contributed by atoms with van der Waals surface area (Å²) in [6.07, 6.45) is 4.47. The Morgan fingerprint density at radius 1 is 1.25 bits per heavy atom. The van der Waals surface area contributed by atoms with Gasteiger partial charge in [-0.05, 0) is 12.8 Å². The van der Waals surface area contributed by atoms with Crippen molar-refractivity contribution >= 4 is 0 Å². The van der Waals surface area contributed by atoms with Crippen LogP contribution in [-0.2, 0) is 0 Å². The zero-order valence-corrected chi connectivity index (χ0v) is 4.62. The minimum Gasteiger partial charge on any atom is -0.368 e. The minimum atomic E-state index is -1.12. The molecule has 8 heavy (non-hydrogen) atoms. The molecule has 1 rings (SSSR count). The van der Waals surface area contributed by atoms with Crippen molar-refractivity contribution in [1.82, 2.24) is 0 Å². The summed E-state index contributed by atoms with van der Waals surface area (Å²) >= 11 is 0. The smallest absolute Gasteiger partial charge is 0.154 e. The molecule has 0 aromatic heterocycles. The second kappa shape index (κ2) is 2.29. The lowest BCUT2D eigenvalue weighted by molar-refractivity contribution is -0.0798. The van der Waals surface area contributed by atoms with Crippen LogP contribution in [0.15, 0.2) is 12.2 Å². The molecule has 0 amide bonds. The zero-order chi connectivity index (χ0) is 5.98. The van der Waals surface area contributed by atoms with Crippen LogP contribution in [0.2, 0.25) is 0 Å². The third-order valence-electron chi connectivity index (χ3n) is 1.47. The average molecular weight is 114 g/mol. The Balaban J connectivity index is 2.29. The van der Waals surface area contributed by atoms with Gasteiger partial charge in [-0.3, -0.25) is 0 Å². The molecule has 1 aliphatic rings. The molecule has 0 unspecified atom stereocenters. The molecule has 0 saturated carbocycles. The molecule has 0 spiro atoms. The predicted molar refractivity (Wildman–Crippen MR) is 30.1 cm³/mol. The van der Waals surface area contributed by atoms with E-state index in [1.807, 2.05) is 12.2 Å². The van der Waals surface area contributed by atoms with Gasteiger partial charge < -0.3 is 10.2 Å². The van der Waals surface area contributed by atoms with E-state index in [9.17, 15) is 0 Å². The van der Waals surface area contributed by atoms with Crippen LogP contribution in [0.5, 0.6) is 0 Å². The highest BCUT2D eigenvalue weighted by atomic mass is 16.5. The Bertz CT molecular complexity index is 88.7. The van der Waals surface area contributed by atoms with Gasteiger partial charge in [0.25, 0.3) is 0 Å². The lowest BCUT2D eigenvalue weighted by atomic mass is 10.1. The van der Waals surface area contributed by atoms with Gasteiger partial charge in [-0.1, -0.05) is 12.2 Å². The van der Waals surface area contributed by atoms with E-state index in [-0.39, 0.29) is 5.92 Å². The topological polar surface area (TPSA) is 40.5 Å². The highest BCUT2D eigenvalue weighted by molar-refractivity contribution is 4.94. The molecule has 0 aromatic rings. The third kappa shape index (κ3) is 1.08. The van der Waals surface area contributed by atoms with Crippen LogP contribution in [0.4, 0.5) is 0 Å². The summed E-state index contributed by atoms with van der Waals surface area (Å²) < 4.78 is 0. The fraction of sp³-hybridized carbons (Fsp3) is 0.667. The van der Waals surface area contributed by atoms with Gasteiger partial charge in [0, 0.05) is 5.92 Å². The third-order valence-corrected chi connectivity index (χ3v) is 1.47. The molecule has 0 fully saturated rings. The first-order valence-electron chi connectivity index (χ1n) is 2.82. The maximum absolute atomic E-state index is 8.57. The summed E-state index contributed by atoms with van der Waals surface area (Å²) in [5, 5.41) is 17.1. The van der Waals surface area contributed by atoms with Crippen molar-refractivity contribution in [1.29, 1.82) is 0 Å². The van der Waals surface area contributed by atoms with E-state index in [2.05, 4.69) is 0 Å². The van der Waals surface area contributed by atoms with Crippen LogP contribution >= 0.6 is 0 Å². The van der Waals surface area contributed by atoms with Gasteiger partial charge >= 0.3 is 0 Å². The highest BCUT2D eigenvalue weighted by Crippen LogP contribution is 2.19. The van der Waals surface area contributed by atoms with E-state index >= 15 is 0 Å². The molecule has 46 valence electrons. The molecule has 1 aliphatic carbocycles. The molecule has 0 aromatic carbocycles. The summed E-state index contributed by atoms with van der Waals surface area (Å²) in [5.74, 6) is 0.0648. The maximum Gasteiger partial charge on any atom is 0.154 e. The predicted octanol–water partition coefficient (Wildman–Crippen LogP) is 0.263. The van der Waals surface area contributed by atoms with Crippen molar-refractivity contribution in [3.63, 3.8) is 0 Å². The van der Waals surface area contributed by atoms with Crippen molar-refractivity contribution in [2.45, 2.75) is 19.1 Å². The quantitative estimate of drug-likeness (QED) is 0.379. The Morgan fingerprint density at radius 3 is 2.00 bits per heavy atom. The van der Waals surface area contributed by atoms with E-state index in [1.165, 1.54) is 0 Å². The van der Waals surface area contributed by atoms with Crippen LogP contribution in [0.1, 0.15) is 12.8 Å². The van der Waals surface area contributed by atoms with Crippen molar-refractivity contribution in [2.24, 2.45) is 5.92 Å². The fourth-order valence-corrected chi connectivity index (χ4v) is 0.882. The SMILES string of the molecule is OC(O)C1CC=CC1. The molecule has 0 radical (unpaired) electrons. The number of rotatable bonds is 1. The van der Waals surface area contributed by atoms with Gasteiger partial charge in [0.15, 0.2) is 6.29 Å².